The van der Waals surface area contributed by atoms with Crippen LogP contribution in [-0.2, 0) is 21.5 Å². The molecule has 0 bridgehead atoms. The number of halogens is 2. The summed E-state index contributed by atoms with van der Waals surface area (Å²) >= 11 is 6.24. The van der Waals surface area contributed by atoms with E-state index in [-0.39, 0.29) is 30.2 Å². The molecule has 2 fully saturated rings. The van der Waals surface area contributed by atoms with Crippen molar-refractivity contribution in [2.75, 3.05) is 18.0 Å². The zero-order valence-electron chi connectivity index (χ0n) is 18.4. The molecule has 1 saturated carbocycles. The lowest BCUT2D eigenvalue weighted by atomic mass is 9.98. The highest BCUT2D eigenvalue weighted by molar-refractivity contribution is 6.31. The maximum Gasteiger partial charge on any atom is 0.238 e. The Kier molecular flexibility index (Phi) is 4.56. The van der Waals surface area contributed by atoms with Crippen LogP contribution >= 0.6 is 11.6 Å². The SMILES string of the molecule is CC(=O)N1CCC(n2c(CN3C(=O)C4(CC4)c4ccc(F)cc43)nc3cc(Cl)ccc32)CC1. The lowest BCUT2D eigenvalue weighted by molar-refractivity contribution is -0.130. The molecule has 3 aliphatic rings. The topological polar surface area (TPSA) is 58.4 Å². The van der Waals surface area contributed by atoms with Crippen molar-refractivity contribution in [3.8, 4) is 0 Å². The third-order valence-electron chi connectivity index (χ3n) is 7.47. The predicted molar refractivity (Wildman–Crippen MR) is 124 cm³/mol. The van der Waals surface area contributed by atoms with Gasteiger partial charge in [0.15, 0.2) is 0 Å². The van der Waals surface area contributed by atoms with Crippen molar-refractivity contribution in [2.24, 2.45) is 0 Å². The molecule has 2 aliphatic heterocycles. The van der Waals surface area contributed by atoms with Crippen LogP contribution in [0.2, 0.25) is 5.02 Å². The van der Waals surface area contributed by atoms with Crippen LogP contribution in [0.3, 0.4) is 0 Å². The van der Waals surface area contributed by atoms with Crippen molar-refractivity contribution in [1.82, 2.24) is 14.5 Å². The number of hydrogen-bond donors (Lipinski definition) is 0. The Morgan fingerprint density at radius 1 is 1.18 bits per heavy atom. The minimum Gasteiger partial charge on any atom is -0.343 e. The largest absolute Gasteiger partial charge is 0.343 e. The monoisotopic (exact) mass is 466 g/mol. The molecule has 3 heterocycles. The molecular weight excluding hydrogens is 443 g/mol. The highest BCUT2D eigenvalue weighted by Crippen LogP contribution is 2.57. The van der Waals surface area contributed by atoms with Gasteiger partial charge in [0.2, 0.25) is 11.8 Å². The third kappa shape index (κ3) is 3.16. The van der Waals surface area contributed by atoms with Crippen LogP contribution in [-0.4, -0.2) is 39.4 Å². The molecule has 1 saturated heterocycles. The number of piperidine rings is 1. The number of fused-ring (bicyclic) bond motifs is 3. The van der Waals surface area contributed by atoms with Crippen molar-refractivity contribution >= 4 is 40.1 Å². The number of imidazole rings is 1. The van der Waals surface area contributed by atoms with E-state index in [9.17, 15) is 14.0 Å². The van der Waals surface area contributed by atoms with Gasteiger partial charge >= 0.3 is 0 Å². The van der Waals surface area contributed by atoms with Crippen molar-refractivity contribution in [2.45, 2.75) is 50.6 Å². The summed E-state index contributed by atoms with van der Waals surface area (Å²) in [5.74, 6) is 0.536. The number of rotatable bonds is 3. The lowest BCUT2D eigenvalue weighted by Crippen LogP contribution is -2.38. The number of anilines is 1. The van der Waals surface area contributed by atoms with Crippen LogP contribution in [0.15, 0.2) is 36.4 Å². The second-order valence-corrected chi connectivity index (χ2v) is 9.84. The van der Waals surface area contributed by atoms with Gasteiger partial charge in [-0.1, -0.05) is 17.7 Å². The van der Waals surface area contributed by atoms with Crippen molar-refractivity contribution in [1.29, 1.82) is 0 Å². The first-order chi connectivity index (χ1) is 15.9. The van der Waals surface area contributed by atoms with Gasteiger partial charge in [-0.05, 0) is 61.6 Å². The highest BCUT2D eigenvalue weighted by Gasteiger charge is 2.59. The van der Waals surface area contributed by atoms with Crippen LogP contribution < -0.4 is 4.90 Å². The van der Waals surface area contributed by atoms with Gasteiger partial charge in [-0.2, -0.15) is 0 Å². The molecule has 170 valence electrons. The fourth-order valence-corrected chi connectivity index (χ4v) is 5.77. The van der Waals surface area contributed by atoms with Gasteiger partial charge in [-0.25, -0.2) is 9.37 Å². The molecule has 6 nitrogen and oxygen atoms in total. The Hall–Kier alpha value is -2.93. The number of carbonyl (C=O) groups excluding carboxylic acids is 2. The Morgan fingerprint density at radius 2 is 1.94 bits per heavy atom. The summed E-state index contributed by atoms with van der Waals surface area (Å²) < 4.78 is 16.4. The normalized spacial score (nSPS) is 19.5. The Labute approximate surface area is 195 Å². The van der Waals surface area contributed by atoms with Crippen LogP contribution in [0.25, 0.3) is 11.0 Å². The third-order valence-corrected chi connectivity index (χ3v) is 7.70. The van der Waals surface area contributed by atoms with Crippen LogP contribution in [0.1, 0.15) is 50.0 Å². The van der Waals surface area contributed by atoms with E-state index < -0.39 is 5.41 Å². The van der Waals surface area contributed by atoms with Gasteiger partial charge in [-0.15, -0.1) is 0 Å². The summed E-state index contributed by atoms with van der Waals surface area (Å²) in [6.45, 7) is 3.25. The summed E-state index contributed by atoms with van der Waals surface area (Å²) in [6.07, 6.45) is 3.22. The highest BCUT2D eigenvalue weighted by atomic mass is 35.5. The maximum atomic E-state index is 14.2. The molecule has 0 radical (unpaired) electrons. The fourth-order valence-electron chi connectivity index (χ4n) is 5.60. The zero-order chi connectivity index (χ0) is 22.9. The van der Waals surface area contributed by atoms with Crippen molar-refractivity contribution in [3.63, 3.8) is 0 Å². The zero-order valence-corrected chi connectivity index (χ0v) is 19.1. The quantitative estimate of drug-likeness (QED) is 0.567. The molecular formula is C25H24ClFN4O2. The molecule has 3 aromatic rings. The second-order valence-electron chi connectivity index (χ2n) is 9.40. The summed E-state index contributed by atoms with van der Waals surface area (Å²) in [4.78, 5) is 33.7. The first-order valence-electron chi connectivity index (χ1n) is 11.4. The first-order valence-corrected chi connectivity index (χ1v) is 11.8. The summed E-state index contributed by atoms with van der Waals surface area (Å²) in [6, 6.07) is 10.5. The number of benzene rings is 2. The molecule has 1 spiro atoms. The second kappa shape index (κ2) is 7.29. The molecule has 0 atom stereocenters. The van der Waals surface area contributed by atoms with Gasteiger partial charge in [-0.3, -0.25) is 9.59 Å². The Balaban J connectivity index is 1.41. The molecule has 33 heavy (non-hydrogen) atoms. The molecule has 2 amide bonds. The van der Waals surface area contributed by atoms with Gasteiger partial charge in [0.25, 0.3) is 0 Å². The fraction of sp³-hybridized carbons (Fsp3) is 0.400. The molecule has 1 aliphatic carbocycles. The van der Waals surface area contributed by atoms with E-state index in [1.54, 1.807) is 17.9 Å². The van der Waals surface area contributed by atoms with Crippen LogP contribution in [0.5, 0.6) is 0 Å². The standard InChI is InChI=1S/C25H24ClFN4O2/c1-15(32)29-10-6-18(7-11-29)31-21-5-2-16(26)12-20(21)28-23(31)14-30-22-13-17(27)3-4-19(22)25(8-9-25)24(30)33/h2-5,12-13,18H,6-11,14H2,1H3. The number of hydrogen-bond acceptors (Lipinski definition) is 3. The smallest absolute Gasteiger partial charge is 0.238 e. The van der Waals surface area contributed by atoms with Crippen LogP contribution in [0, 0.1) is 5.82 Å². The minimum atomic E-state index is -0.490. The molecule has 1 aromatic heterocycles. The molecule has 8 heteroatoms. The van der Waals surface area contributed by atoms with E-state index in [0.29, 0.717) is 23.8 Å². The van der Waals surface area contributed by atoms with Gasteiger partial charge in [0.1, 0.15) is 11.6 Å². The van der Waals surface area contributed by atoms with E-state index in [4.69, 9.17) is 16.6 Å². The Bertz CT molecular complexity index is 1310. The first kappa shape index (κ1) is 20.7. The number of likely N-dealkylation sites (tertiary alicyclic amines) is 1. The summed E-state index contributed by atoms with van der Waals surface area (Å²) in [5.41, 5.74) is 2.83. The van der Waals surface area contributed by atoms with E-state index in [2.05, 4.69) is 4.57 Å². The number of nitrogens with zero attached hydrogens (tertiary/aromatic N) is 4. The van der Waals surface area contributed by atoms with Gasteiger partial charge in [0.05, 0.1) is 28.7 Å². The lowest BCUT2D eigenvalue weighted by Gasteiger charge is -2.33. The molecule has 2 aromatic carbocycles. The molecule has 6 rings (SSSR count). The van der Waals surface area contributed by atoms with Crippen molar-refractivity contribution < 1.29 is 14.0 Å². The number of carbonyl (C=O) groups is 2. The average molecular weight is 467 g/mol. The van der Waals surface area contributed by atoms with Gasteiger partial charge in [0, 0.05) is 31.1 Å². The summed E-state index contributed by atoms with van der Waals surface area (Å²) in [7, 11) is 0. The average Bonchev–Trinajstić information content (AvgIpc) is 3.48. The maximum absolute atomic E-state index is 14.2. The number of amides is 2. The van der Waals surface area contributed by atoms with Crippen LogP contribution in [0.4, 0.5) is 10.1 Å². The van der Waals surface area contributed by atoms with E-state index in [0.717, 1.165) is 48.1 Å². The van der Waals surface area contributed by atoms with E-state index >= 15 is 0 Å². The Morgan fingerprint density at radius 3 is 2.64 bits per heavy atom. The van der Waals surface area contributed by atoms with Gasteiger partial charge < -0.3 is 14.4 Å². The molecule has 0 N–H and O–H groups in total. The van der Waals surface area contributed by atoms with Crippen molar-refractivity contribution in [3.05, 3.63) is 58.6 Å². The molecule has 0 unspecified atom stereocenters. The van der Waals surface area contributed by atoms with E-state index in [1.807, 2.05) is 23.1 Å². The predicted octanol–water partition coefficient (Wildman–Crippen LogP) is 4.59. The number of aromatic nitrogens is 2. The minimum absolute atomic E-state index is 0.0335. The summed E-state index contributed by atoms with van der Waals surface area (Å²) in [5, 5.41) is 0.603. The van der Waals surface area contributed by atoms with E-state index in [1.165, 1.54) is 12.1 Å².